The van der Waals surface area contributed by atoms with E-state index >= 15 is 0 Å². The number of ether oxygens (including phenoxy) is 1. The topological polar surface area (TPSA) is 41.9 Å². The lowest BCUT2D eigenvalue weighted by molar-refractivity contribution is -0.129. The zero-order chi connectivity index (χ0) is 19.9. The molecule has 0 saturated carbocycles. The van der Waals surface area contributed by atoms with E-state index in [9.17, 15) is 4.79 Å². The first kappa shape index (κ1) is 20.5. The van der Waals surface area contributed by atoms with Crippen molar-refractivity contribution in [3.05, 3.63) is 65.2 Å². The van der Waals surface area contributed by atoms with Gasteiger partial charge < -0.3 is 4.74 Å². The Morgan fingerprint density at radius 3 is 2.75 bits per heavy atom. The maximum atomic E-state index is 12.9. The van der Waals surface area contributed by atoms with Crippen molar-refractivity contribution in [1.82, 2.24) is 4.90 Å². The zero-order valence-electron chi connectivity index (χ0n) is 16.9. The quantitative estimate of drug-likeness (QED) is 0.688. The lowest BCUT2D eigenvalue weighted by Crippen LogP contribution is -2.42. The van der Waals surface area contributed by atoms with Gasteiger partial charge in [0.25, 0.3) is 5.91 Å². The first-order chi connectivity index (χ1) is 13.5. The van der Waals surface area contributed by atoms with Crippen LogP contribution in [-0.4, -0.2) is 34.9 Å². The standard InChI is InChI=1S/C23H28N2O2S/c1-17(2)20-11-10-18(3)14-21(20)27-16-22(26)25-12-7-13-28-23(25)24-15-19-8-5-4-6-9-19/h4-6,8-11,14,17H,7,12-13,15-16H2,1-3H3. The summed E-state index contributed by atoms with van der Waals surface area (Å²) in [7, 11) is 0. The second kappa shape index (κ2) is 9.78. The van der Waals surface area contributed by atoms with E-state index < -0.39 is 0 Å². The van der Waals surface area contributed by atoms with Gasteiger partial charge in [-0.25, -0.2) is 0 Å². The molecule has 2 aromatic carbocycles. The van der Waals surface area contributed by atoms with Crippen LogP contribution >= 0.6 is 11.8 Å². The highest BCUT2D eigenvalue weighted by molar-refractivity contribution is 8.13. The summed E-state index contributed by atoms with van der Waals surface area (Å²) in [5.41, 5.74) is 3.40. The minimum Gasteiger partial charge on any atom is -0.483 e. The van der Waals surface area contributed by atoms with Crippen molar-refractivity contribution in [3.63, 3.8) is 0 Å². The number of hydrogen-bond donors (Lipinski definition) is 0. The van der Waals surface area contributed by atoms with Crippen molar-refractivity contribution in [2.24, 2.45) is 4.99 Å². The van der Waals surface area contributed by atoms with Crippen LogP contribution in [0.15, 0.2) is 53.5 Å². The molecule has 4 nitrogen and oxygen atoms in total. The number of carbonyl (C=O) groups excluding carboxylic acids is 1. The maximum absolute atomic E-state index is 12.9. The third-order valence-electron chi connectivity index (χ3n) is 4.67. The van der Waals surface area contributed by atoms with Crippen molar-refractivity contribution in [2.75, 3.05) is 18.9 Å². The highest BCUT2D eigenvalue weighted by Gasteiger charge is 2.24. The zero-order valence-corrected chi connectivity index (χ0v) is 17.7. The van der Waals surface area contributed by atoms with Gasteiger partial charge in [-0.2, -0.15) is 0 Å². The minimum atomic E-state index is -0.0322. The summed E-state index contributed by atoms with van der Waals surface area (Å²) < 4.78 is 5.95. The molecular formula is C23H28N2O2S. The summed E-state index contributed by atoms with van der Waals surface area (Å²) in [5, 5.41) is 0.803. The second-order valence-corrected chi connectivity index (χ2v) is 8.38. The molecule has 3 rings (SSSR count). The van der Waals surface area contributed by atoms with Gasteiger partial charge in [-0.3, -0.25) is 14.7 Å². The molecule has 2 aromatic rings. The molecule has 28 heavy (non-hydrogen) atoms. The van der Waals surface area contributed by atoms with E-state index in [0.717, 1.165) is 39.8 Å². The van der Waals surface area contributed by atoms with Gasteiger partial charge in [0, 0.05) is 12.3 Å². The Kier molecular flexibility index (Phi) is 7.15. The number of rotatable bonds is 6. The second-order valence-electron chi connectivity index (χ2n) is 7.32. The Bertz CT molecular complexity index is 834. The molecule has 0 spiro atoms. The molecule has 0 aromatic heterocycles. The van der Waals surface area contributed by atoms with Gasteiger partial charge >= 0.3 is 0 Å². The lowest BCUT2D eigenvalue weighted by Gasteiger charge is -2.28. The lowest BCUT2D eigenvalue weighted by atomic mass is 10.0. The molecule has 1 aliphatic heterocycles. The van der Waals surface area contributed by atoms with E-state index in [1.165, 1.54) is 0 Å². The number of aryl methyl sites for hydroxylation is 1. The van der Waals surface area contributed by atoms with Gasteiger partial charge in [-0.1, -0.05) is 68.1 Å². The van der Waals surface area contributed by atoms with Crippen molar-refractivity contribution >= 4 is 22.8 Å². The van der Waals surface area contributed by atoms with Gasteiger partial charge in [-0.05, 0) is 42.0 Å². The third-order valence-corrected chi connectivity index (χ3v) is 5.77. The third kappa shape index (κ3) is 5.38. The van der Waals surface area contributed by atoms with E-state index in [0.29, 0.717) is 19.0 Å². The molecule has 0 unspecified atom stereocenters. The highest BCUT2D eigenvalue weighted by atomic mass is 32.2. The Balaban J connectivity index is 1.67. The van der Waals surface area contributed by atoms with E-state index in [1.807, 2.05) is 31.2 Å². The minimum absolute atomic E-state index is 0.0322. The van der Waals surface area contributed by atoms with Crippen LogP contribution in [0, 0.1) is 6.92 Å². The van der Waals surface area contributed by atoms with Crippen LogP contribution in [0.1, 0.15) is 42.9 Å². The van der Waals surface area contributed by atoms with Gasteiger partial charge in [0.2, 0.25) is 0 Å². The molecule has 1 amide bonds. The summed E-state index contributed by atoms with van der Waals surface area (Å²) in [6.07, 6.45) is 0.975. The number of carbonyl (C=O) groups is 1. The summed E-state index contributed by atoms with van der Waals surface area (Å²) >= 11 is 1.65. The van der Waals surface area contributed by atoms with Crippen LogP contribution in [0.25, 0.3) is 0 Å². The Labute approximate surface area is 172 Å². The highest BCUT2D eigenvalue weighted by Crippen LogP contribution is 2.28. The molecule has 148 valence electrons. The first-order valence-electron chi connectivity index (χ1n) is 9.79. The summed E-state index contributed by atoms with van der Waals surface area (Å²) in [6.45, 7) is 7.63. The molecular weight excluding hydrogens is 368 g/mol. The summed E-state index contributed by atoms with van der Waals surface area (Å²) in [6, 6.07) is 16.3. The number of amidine groups is 1. The van der Waals surface area contributed by atoms with Crippen LogP contribution in [0.3, 0.4) is 0 Å². The van der Waals surface area contributed by atoms with Crippen LogP contribution in [0.5, 0.6) is 5.75 Å². The molecule has 0 N–H and O–H groups in total. The molecule has 0 aliphatic carbocycles. The van der Waals surface area contributed by atoms with Gasteiger partial charge in [0.15, 0.2) is 11.8 Å². The van der Waals surface area contributed by atoms with E-state index in [4.69, 9.17) is 9.73 Å². The fraction of sp³-hybridized carbons (Fsp3) is 0.391. The molecule has 0 bridgehead atoms. The van der Waals surface area contributed by atoms with Gasteiger partial charge in [0.05, 0.1) is 6.54 Å². The van der Waals surface area contributed by atoms with Crippen LogP contribution in [0.4, 0.5) is 0 Å². The molecule has 1 saturated heterocycles. The van der Waals surface area contributed by atoms with Gasteiger partial charge in [-0.15, -0.1) is 0 Å². The monoisotopic (exact) mass is 396 g/mol. The normalized spacial score (nSPS) is 15.9. The molecule has 1 heterocycles. The van der Waals surface area contributed by atoms with Crippen LogP contribution < -0.4 is 4.74 Å². The Morgan fingerprint density at radius 2 is 2.00 bits per heavy atom. The maximum Gasteiger partial charge on any atom is 0.266 e. The van der Waals surface area contributed by atoms with Crippen molar-refractivity contribution < 1.29 is 9.53 Å². The van der Waals surface area contributed by atoms with E-state index in [1.54, 1.807) is 16.7 Å². The summed E-state index contributed by atoms with van der Waals surface area (Å²) in [4.78, 5) is 19.3. The molecule has 0 atom stereocenters. The SMILES string of the molecule is Cc1ccc(C(C)C)c(OCC(=O)N2CCCSC2=NCc2ccccc2)c1. The fourth-order valence-corrected chi connectivity index (χ4v) is 4.09. The van der Waals surface area contributed by atoms with Crippen LogP contribution in [0.2, 0.25) is 0 Å². The number of thioether (sulfide) groups is 1. The smallest absolute Gasteiger partial charge is 0.266 e. The number of benzene rings is 2. The predicted molar refractivity (Wildman–Crippen MR) is 117 cm³/mol. The number of amides is 1. The summed E-state index contributed by atoms with van der Waals surface area (Å²) in [5.74, 6) is 2.11. The largest absolute Gasteiger partial charge is 0.483 e. The fourth-order valence-electron chi connectivity index (χ4n) is 3.13. The van der Waals surface area contributed by atoms with Crippen molar-refractivity contribution in [2.45, 2.75) is 39.7 Å². The van der Waals surface area contributed by atoms with E-state index in [-0.39, 0.29) is 12.5 Å². The number of hydrogen-bond acceptors (Lipinski definition) is 4. The number of aliphatic imine (C=N–C) groups is 1. The van der Waals surface area contributed by atoms with Gasteiger partial charge in [0.1, 0.15) is 5.75 Å². The first-order valence-corrected chi connectivity index (χ1v) is 10.8. The van der Waals surface area contributed by atoms with Crippen LogP contribution in [-0.2, 0) is 11.3 Å². The Hall–Kier alpha value is -2.27. The average molecular weight is 397 g/mol. The predicted octanol–water partition coefficient (Wildman–Crippen LogP) is 5.02. The Morgan fingerprint density at radius 1 is 1.21 bits per heavy atom. The van der Waals surface area contributed by atoms with E-state index in [2.05, 4.69) is 38.1 Å². The molecule has 1 aliphatic rings. The van der Waals surface area contributed by atoms with Crippen molar-refractivity contribution in [1.29, 1.82) is 0 Å². The number of nitrogens with zero attached hydrogens (tertiary/aromatic N) is 2. The molecule has 5 heteroatoms. The average Bonchev–Trinajstić information content (AvgIpc) is 2.71. The van der Waals surface area contributed by atoms with Crippen molar-refractivity contribution in [3.8, 4) is 5.75 Å². The molecule has 0 radical (unpaired) electrons. The molecule has 1 fully saturated rings.